The summed E-state index contributed by atoms with van der Waals surface area (Å²) >= 11 is 0. The average Bonchev–Trinajstić information content (AvgIpc) is 3.12. The Morgan fingerprint density at radius 2 is 1.94 bits per heavy atom. The standard InChI is InChI=1S/C13H17NO2S/c15-17(16)8-7-10(9-14-11-5-6-11)12-3-1-2-4-13(12)17/h1-4,10-11,14H,5-9H2. The number of nitrogens with one attached hydrogen (secondary N) is 1. The van der Waals surface area contributed by atoms with Crippen LogP contribution in [0.5, 0.6) is 0 Å². The van der Waals surface area contributed by atoms with Crippen molar-refractivity contribution in [3.05, 3.63) is 29.8 Å². The summed E-state index contributed by atoms with van der Waals surface area (Å²) < 4.78 is 23.9. The van der Waals surface area contributed by atoms with Gasteiger partial charge < -0.3 is 5.32 Å². The first-order valence-electron chi connectivity index (χ1n) is 6.22. The first-order valence-corrected chi connectivity index (χ1v) is 7.87. The molecule has 1 heterocycles. The smallest absolute Gasteiger partial charge is 0.178 e. The van der Waals surface area contributed by atoms with E-state index < -0.39 is 9.84 Å². The van der Waals surface area contributed by atoms with E-state index in [1.807, 2.05) is 18.2 Å². The van der Waals surface area contributed by atoms with Crippen LogP contribution >= 0.6 is 0 Å². The monoisotopic (exact) mass is 251 g/mol. The maximum atomic E-state index is 11.9. The van der Waals surface area contributed by atoms with Crippen LogP contribution in [0.3, 0.4) is 0 Å². The van der Waals surface area contributed by atoms with Crippen molar-refractivity contribution < 1.29 is 8.42 Å². The van der Waals surface area contributed by atoms with Gasteiger partial charge in [0.25, 0.3) is 0 Å². The SMILES string of the molecule is O=S1(=O)CCC(CNC2CC2)c2ccccc21. The Morgan fingerprint density at radius 3 is 2.71 bits per heavy atom. The molecule has 17 heavy (non-hydrogen) atoms. The van der Waals surface area contributed by atoms with Crippen LogP contribution in [0.4, 0.5) is 0 Å². The molecule has 0 saturated heterocycles. The van der Waals surface area contributed by atoms with E-state index in [1.165, 1.54) is 12.8 Å². The highest BCUT2D eigenvalue weighted by molar-refractivity contribution is 7.91. The normalized spacial score (nSPS) is 26.5. The van der Waals surface area contributed by atoms with Gasteiger partial charge in [0.1, 0.15) is 0 Å². The van der Waals surface area contributed by atoms with Crippen molar-refractivity contribution in [1.29, 1.82) is 0 Å². The summed E-state index contributed by atoms with van der Waals surface area (Å²) in [5.74, 6) is 0.649. The lowest BCUT2D eigenvalue weighted by atomic mass is 9.96. The second-order valence-corrected chi connectivity index (χ2v) is 7.10. The second kappa shape index (κ2) is 4.10. The molecule has 92 valence electrons. The van der Waals surface area contributed by atoms with Crippen LogP contribution in [0.1, 0.15) is 30.7 Å². The van der Waals surface area contributed by atoms with E-state index in [0.717, 1.165) is 18.5 Å². The molecule has 1 aliphatic heterocycles. The molecule has 1 aliphatic carbocycles. The number of sulfone groups is 1. The van der Waals surface area contributed by atoms with Gasteiger partial charge in [0, 0.05) is 12.6 Å². The molecule has 0 aromatic heterocycles. The molecule has 1 saturated carbocycles. The molecule has 1 aromatic carbocycles. The minimum Gasteiger partial charge on any atom is -0.313 e. The van der Waals surface area contributed by atoms with Gasteiger partial charge in [-0.1, -0.05) is 18.2 Å². The highest BCUT2D eigenvalue weighted by atomic mass is 32.2. The number of hydrogen-bond acceptors (Lipinski definition) is 3. The molecular formula is C13H17NO2S. The lowest BCUT2D eigenvalue weighted by Gasteiger charge is -2.25. The molecule has 0 amide bonds. The molecule has 1 N–H and O–H groups in total. The number of fused-ring (bicyclic) bond motifs is 1. The summed E-state index contributed by atoms with van der Waals surface area (Å²) in [6, 6.07) is 8.14. The van der Waals surface area contributed by atoms with Gasteiger partial charge in [-0.2, -0.15) is 0 Å². The van der Waals surface area contributed by atoms with Crippen LogP contribution in [0, 0.1) is 0 Å². The molecule has 2 aliphatic rings. The predicted molar refractivity (Wildman–Crippen MR) is 66.9 cm³/mol. The van der Waals surface area contributed by atoms with Gasteiger partial charge in [0.05, 0.1) is 10.6 Å². The third kappa shape index (κ3) is 2.24. The van der Waals surface area contributed by atoms with Gasteiger partial charge in [-0.15, -0.1) is 0 Å². The quantitative estimate of drug-likeness (QED) is 0.889. The van der Waals surface area contributed by atoms with Crippen molar-refractivity contribution in [3.8, 4) is 0 Å². The van der Waals surface area contributed by atoms with E-state index in [2.05, 4.69) is 5.32 Å². The Balaban J connectivity index is 1.87. The van der Waals surface area contributed by atoms with E-state index in [9.17, 15) is 8.42 Å². The lowest BCUT2D eigenvalue weighted by Crippen LogP contribution is -2.29. The van der Waals surface area contributed by atoms with Gasteiger partial charge in [-0.3, -0.25) is 0 Å². The fraction of sp³-hybridized carbons (Fsp3) is 0.538. The summed E-state index contributed by atoms with van der Waals surface area (Å²) in [7, 11) is -3.03. The third-order valence-electron chi connectivity index (χ3n) is 3.66. The number of benzene rings is 1. The highest BCUT2D eigenvalue weighted by Gasteiger charge is 2.31. The minimum absolute atomic E-state index is 0.293. The summed E-state index contributed by atoms with van der Waals surface area (Å²) in [6.07, 6.45) is 3.29. The van der Waals surface area contributed by atoms with Gasteiger partial charge in [0.2, 0.25) is 0 Å². The third-order valence-corrected chi connectivity index (χ3v) is 5.47. The van der Waals surface area contributed by atoms with E-state index in [-0.39, 0.29) is 0 Å². The van der Waals surface area contributed by atoms with Crippen LogP contribution in [0.15, 0.2) is 29.2 Å². The minimum atomic E-state index is -3.03. The van der Waals surface area contributed by atoms with Gasteiger partial charge >= 0.3 is 0 Å². The predicted octanol–water partition coefficient (Wildman–Crippen LogP) is 1.70. The highest BCUT2D eigenvalue weighted by Crippen LogP contribution is 2.33. The summed E-state index contributed by atoms with van der Waals surface area (Å²) in [6.45, 7) is 0.914. The van der Waals surface area contributed by atoms with Crippen molar-refractivity contribution in [3.63, 3.8) is 0 Å². The molecule has 3 nitrogen and oxygen atoms in total. The zero-order valence-corrected chi connectivity index (χ0v) is 10.5. The Bertz CT molecular complexity index is 520. The van der Waals surface area contributed by atoms with E-state index in [4.69, 9.17) is 0 Å². The number of hydrogen-bond donors (Lipinski definition) is 1. The van der Waals surface area contributed by atoms with E-state index in [0.29, 0.717) is 22.6 Å². The van der Waals surface area contributed by atoms with Crippen LogP contribution in [0.2, 0.25) is 0 Å². The molecule has 4 heteroatoms. The Morgan fingerprint density at radius 1 is 1.18 bits per heavy atom. The van der Waals surface area contributed by atoms with E-state index in [1.54, 1.807) is 6.07 Å². The van der Waals surface area contributed by atoms with Crippen molar-refractivity contribution in [2.45, 2.75) is 36.1 Å². The fourth-order valence-corrected chi connectivity index (χ4v) is 4.17. The fourth-order valence-electron chi connectivity index (χ4n) is 2.47. The van der Waals surface area contributed by atoms with Crippen LogP contribution in [-0.4, -0.2) is 26.8 Å². The van der Waals surface area contributed by atoms with Gasteiger partial charge in [0.15, 0.2) is 9.84 Å². The van der Waals surface area contributed by atoms with Crippen molar-refractivity contribution in [2.24, 2.45) is 0 Å². The molecule has 1 unspecified atom stereocenters. The van der Waals surface area contributed by atoms with Crippen LogP contribution in [-0.2, 0) is 9.84 Å². The molecule has 0 radical (unpaired) electrons. The Hall–Kier alpha value is -0.870. The molecule has 1 atom stereocenters. The van der Waals surface area contributed by atoms with Crippen molar-refractivity contribution in [2.75, 3.05) is 12.3 Å². The lowest BCUT2D eigenvalue weighted by molar-refractivity contribution is 0.532. The average molecular weight is 251 g/mol. The van der Waals surface area contributed by atoms with E-state index >= 15 is 0 Å². The summed E-state index contributed by atoms with van der Waals surface area (Å²) in [5.41, 5.74) is 1.01. The second-order valence-electron chi connectivity index (χ2n) is 5.02. The maximum absolute atomic E-state index is 11.9. The zero-order chi connectivity index (χ0) is 11.9. The molecule has 1 fully saturated rings. The van der Waals surface area contributed by atoms with Gasteiger partial charge in [-0.25, -0.2) is 8.42 Å². The molecule has 1 aromatic rings. The molecule has 0 spiro atoms. The molecule has 3 rings (SSSR count). The van der Waals surface area contributed by atoms with Gasteiger partial charge in [-0.05, 0) is 36.8 Å². The largest absolute Gasteiger partial charge is 0.313 e. The summed E-state index contributed by atoms with van der Waals surface area (Å²) in [5, 5.41) is 3.50. The maximum Gasteiger partial charge on any atom is 0.178 e. The Labute approximate surface area is 102 Å². The topological polar surface area (TPSA) is 46.2 Å². The molecular weight excluding hydrogens is 234 g/mol. The Kier molecular flexibility index (Phi) is 2.71. The number of rotatable bonds is 3. The van der Waals surface area contributed by atoms with Crippen molar-refractivity contribution >= 4 is 9.84 Å². The first kappa shape index (κ1) is 11.2. The molecule has 0 bridgehead atoms. The van der Waals surface area contributed by atoms with Crippen LogP contribution in [0.25, 0.3) is 0 Å². The first-order chi connectivity index (χ1) is 8.17. The van der Waals surface area contributed by atoms with Crippen LogP contribution < -0.4 is 5.32 Å². The zero-order valence-electron chi connectivity index (χ0n) is 9.72. The summed E-state index contributed by atoms with van der Waals surface area (Å²) in [4.78, 5) is 0.550. The van der Waals surface area contributed by atoms with Crippen molar-refractivity contribution in [1.82, 2.24) is 5.32 Å².